The first-order chi connectivity index (χ1) is 9.88. The van der Waals surface area contributed by atoms with E-state index in [2.05, 4.69) is 10.4 Å². The zero-order valence-electron chi connectivity index (χ0n) is 12.2. The number of aryl methyl sites for hydroxylation is 3. The highest BCUT2D eigenvalue weighted by atomic mass is 16.2. The molecule has 0 unspecified atom stereocenters. The lowest BCUT2D eigenvalue weighted by atomic mass is 10.0. The Morgan fingerprint density at radius 2 is 1.81 bits per heavy atom. The largest absolute Gasteiger partial charge is 0.383 e. The number of hydrogen-bond donors (Lipinski definition) is 2. The van der Waals surface area contributed by atoms with Crippen molar-refractivity contribution in [3.05, 3.63) is 40.1 Å². The quantitative estimate of drug-likeness (QED) is 0.770. The predicted molar refractivity (Wildman–Crippen MR) is 78.4 cm³/mol. The number of fused-ring (bicyclic) bond motifs is 1. The summed E-state index contributed by atoms with van der Waals surface area (Å²) in [6.07, 6.45) is 0.0717. The minimum atomic E-state index is -0.479. The number of anilines is 1. The molecule has 0 saturated heterocycles. The number of benzene rings is 1. The maximum Gasteiger partial charge on any atom is 0.263 e. The van der Waals surface area contributed by atoms with Gasteiger partial charge >= 0.3 is 0 Å². The Labute approximate surface area is 121 Å². The number of rotatable bonds is 1. The molecule has 0 radical (unpaired) electrons. The molecule has 0 saturated carbocycles. The van der Waals surface area contributed by atoms with Crippen LogP contribution >= 0.6 is 0 Å². The van der Waals surface area contributed by atoms with E-state index in [4.69, 9.17) is 5.73 Å². The lowest BCUT2D eigenvalue weighted by Gasteiger charge is -2.13. The molecular formula is C15H16N4O2. The summed E-state index contributed by atoms with van der Waals surface area (Å²) in [6, 6.07) is 4.07. The van der Waals surface area contributed by atoms with Gasteiger partial charge in [-0.05, 0) is 31.9 Å². The van der Waals surface area contributed by atoms with Crippen LogP contribution in [0.1, 0.15) is 32.7 Å². The molecule has 1 aliphatic heterocycles. The van der Waals surface area contributed by atoms with Crippen LogP contribution in [0.3, 0.4) is 0 Å². The van der Waals surface area contributed by atoms with Crippen LogP contribution in [0.2, 0.25) is 0 Å². The Balaban J connectivity index is 2.25. The first-order valence-electron chi connectivity index (χ1n) is 6.68. The maximum absolute atomic E-state index is 11.9. The van der Waals surface area contributed by atoms with Crippen molar-refractivity contribution in [2.45, 2.75) is 27.2 Å². The van der Waals surface area contributed by atoms with Gasteiger partial charge in [0, 0.05) is 0 Å². The van der Waals surface area contributed by atoms with Crippen molar-refractivity contribution in [1.29, 1.82) is 0 Å². The Kier molecular flexibility index (Phi) is 2.83. The lowest BCUT2D eigenvalue weighted by Crippen LogP contribution is -2.37. The minimum absolute atomic E-state index is 0.0717. The van der Waals surface area contributed by atoms with E-state index in [1.54, 1.807) is 4.68 Å². The van der Waals surface area contributed by atoms with Gasteiger partial charge in [0.15, 0.2) is 0 Å². The van der Waals surface area contributed by atoms with Crippen LogP contribution in [0.15, 0.2) is 12.1 Å². The summed E-state index contributed by atoms with van der Waals surface area (Å²) in [6.45, 7) is 5.97. The number of imide groups is 1. The van der Waals surface area contributed by atoms with Crippen LogP contribution in [-0.4, -0.2) is 21.6 Å². The van der Waals surface area contributed by atoms with Gasteiger partial charge in [0.25, 0.3) is 5.91 Å². The molecule has 1 aromatic carbocycles. The minimum Gasteiger partial charge on any atom is -0.383 e. The summed E-state index contributed by atoms with van der Waals surface area (Å²) in [4.78, 5) is 23.4. The lowest BCUT2D eigenvalue weighted by molar-refractivity contribution is -0.119. The summed E-state index contributed by atoms with van der Waals surface area (Å²) in [5, 5.41) is 6.65. The molecule has 1 aliphatic rings. The average Bonchev–Trinajstić information content (AvgIpc) is 2.65. The number of nitrogens with zero attached hydrogens (tertiary/aromatic N) is 2. The van der Waals surface area contributed by atoms with E-state index in [1.807, 2.05) is 32.9 Å². The standard InChI is InChI=1S/C15H16N4O2/c1-7-4-8(2)13(9(3)5-7)19-14(16)12-10(18-19)6-11(20)17-15(12)21/h4-5H,6,16H2,1-3H3,(H,17,20,21). The van der Waals surface area contributed by atoms with Crippen molar-refractivity contribution in [2.75, 3.05) is 5.73 Å². The molecule has 0 aliphatic carbocycles. The van der Waals surface area contributed by atoms with Crippen molar-refractivity contribution in [3.8, 4) is 5.69 Å². The zero-order chi connectivity index (χ0) is 15.3. The molecule has 6 heteroatoms. The fourth-order valence-electron chi connectivity index (χ4n) is 2.91. The molecule has 0 spiro atoms. The number of nitrogens with one attached hydrogen (secondary N) is 1. The monoisotopic (exact) mass is 284 g/mol. The first kappa shape index (κ1) is 13.4. The van der Waals surface area contributed by atoms with Crippen LogP contribution in [0.4, 0.5) is 5.82 Å². The fraction of sp³-hybridized carbons (Fsp3) is 0.267. The van der Waals surface area contributed by atoms with Crippen LogP contribution < -0.4 is 11.1 Å². The molecule has 3 rings (SSSR count). The van der Waals surface area contributed by atoms with Gasteiger partial charge < -0.3 is 5.73 Å². The molecule has 2 heterocycles. The summed E-state index contributed by atoms with van der Waals surface area (Å²) >= 11 is 0. The third-order valence-electron chi connectivity index (χ3n) is 3.65. The van der Waals surface area contributed by atoms with Gasteiger partial charge in [-0.1, -0.05) is 17.7 Å². The highest BCUT2D eigenvalue weighted by Crippen LogP contribution is 2.28. The summed E-state index contributed by atoms with van der Waals surface area (Å²) in [7, 11) is 0. The van der Waals surface area contributed by atoms with Gasteiger partial charge in [0.05, 0.1) is 17.8 Å². The normalized spacial score (nSPS) is 14.0. The highest BCUT2D eigenvalue weighted by Gasteiger charge is 2.30. The van der Waals surface area contributed by atoms with Gasteiger partial charge in [-0.3, -0.25) is 14.9 Å². The van der Waals surface area contributed by atoms with Crippen LogP contribution in [0, 0.1) is 20.8 Å². The molecule has 0 bridgehead atoms. The average molecular weight is 284 g/mol. The second kappa shape index (κ2) is 4.44. The fourth-order valence-corrected chi connectivity index (χ4v) is 2.91. The van der Waals surface area contributed by atoms with Gasteiger partial charge in [0.2, 0.25) is 5.91 Å². The number of carbonyl (C=O) groups is 2. The molecule has 6 nitrogen and oxygen atoms in total. The van der Waals surface area contributed by atoms with E-state index >= 15 is 0 Å². The molecule has 21 heavy (non-hydrogen) atoms. The molecule has 3 N–H and O–H groups in total. The third kappa shape index (κ3) is 1.99. The van der Waals surface area contributed by atoms with Crippen molar-refractivity contribution in [1.82, 2.24) is 15.1 Å². The summed E-state index contributed by atoms with van der Waals surface area (Å²) in [5.74, 6) is -0.563. The molecular weight excluding hydrogens is 268 g/mol. The number of nitrogens with two attached hydrogens (primary N) is 1. The number of amides is 2. The Bertz CT molecular complexity index is 766. The van der Waals surface area contributed by atoms with Crippen LogP contribution in [0.25, 0.3) is 5.69 Å². The van der Waals surface area contributed by atoms with E-state index in [0.29, 0.717) is 11.3 Å². The Morgan fingerprint density at radius 3 is 2.43 bits per heavy atom. The molecule has 2 amide bonds. The molecule has 1 aromatic heterocycles. The van der Waals surface area contributed by atoms with Crippen LogP contribution in [0.5, 0.6) is 0 Å². The van der Waals surface area contributed by atoms with Gasteiger partial charge in [-0.2, -0.15) is 5.10 Å². The van der Waals surface area contributed by atoms with Gasteiger partial charge in [-0.15, -0.1) is 0 Å². The Morgan fingerprint density at radius 1 is 1.19 bits per heavy atom. The van der Waals surface area contributed by atoms with Gasteiger partial charge in [-0.25, -0.2) is 4.68 Å². The van der Waals surface area contributed by atoms with Gasteiger partial charge in [0.1, 0.15) is 11.4 Å². The smallest absolute Gasteiger partial charge is 0.263 e. The maximum atomic E-state index is 11.9. The van der Waals surface area contributed by atoms with E-state index in [1.165, 1.54) is 0 Å². The number of hydrogen-bond acceptors (Lipinski definition) is 4. The second-order valence-corrected chi connectivity index (χ2v) is 5.42. The van der Waals surface area contributed by atoms with Crippen molar-refractivity contribution in [2.24, 2.45) is 0 Å². The number of aromatic nitrogens is 2. The predicted octanol–water partition coefficient (Wildman–Crippen LogP) is 1.19. The topological polar surface area (TPSA) is 90.0 Å². The van der Waals surface area contributed by atoms with E-state index in [9.17, 15) is 9.59 Å². The first-order valence-corrected chi connectivity index (χ1v) is 6.68. The SMILES string of the molecule is Cc1cc(C)c(-n2nc3c(c2N)C(=O)NC(=O)C3)c(C)c1. The summed E-state index contributed by atoms with van der Waals surface area (Å²) in [5.41, 5.74) is 10.9. The third-order valence-corrected chi connectivity index (χ3v) is 3.65. The van der Waals surface area contributed by atoms with Crippen LogP contribution in [-0.2, 0) is 11.2 Å². The van der Waals surface area contributed by atoms with E-state index < -0.39 is 5.91 Å². The number of nitrogen functional groups attached to an aromatic ring is 1. The summed E-state index contributed by atoms with van der Waals surface area (Å²) < 4.78 is 1.56. The van der Waals surface area contributed by atoms with Crippen molar-refractivity contribution >= 4 is 17.6 Å². The second-order valence-electron chi connectivity index (χ2n) is 5.42. The molecule has 0 fully saturated rings. The molecule has 0 atom stereocenters. The highest BCUT2D eigenvalue weighted by molar-refractivity contribution is 6.11. The zero-order valence-corrected chi connectivity index (χ0v) is 12.2. The molecule has 2 aromatic rings. The van der Waals surface area contributed by atoms with E-state index in [0.717, 1.165) is 22.4 Å². The molecule has 108 valence electrons. The number of carbonyl (C=O) groups excluding carboxylic acids is 2. The van der Waals surface area contributed by atoms with Crippen molar-refractivity contribution < 1.29 is 9.59 Å². The Hall–Kier alpha value is -2.63. The van der Waals surface area contributed by atoms with E-state index in [-0.39, 0.29) is 18.1 Å². The van der Waals surface area contributed by atoms with Crippen molar-refractivity contribution in [3.63, 3.8) is 0 Å².